The maximum Gasteiger partial charge on any atom is 0.111 e. The third kappa shape index (κ3) is 3.20. The molecule has 0 spiro atoms. The topological polar surface area (TPSA) is 50.9 Å². The van der Waals surface area contributed by atoms with Gasteiger partial charge in [0, 0.05) is 31.6 Å². The molecule has 102 valence electrons. The molecule has 2 heterocycles. The van der Waals surface area contributed by atoms with Gasteiger partial charge in [-0.05, 0) is 24.5 Å². The summed E-state index contributed by atoms with van der Waals surface area (Å²) in [7, 11) is 0. The highest BCUT2D eigenvalue weighted by molar-refractivity contribution is 5.22. The lowest BCUT2D eigenvalue weighted by Crippen LogP contribution is -2.11. The predicted octanol–water partition coefficient (Wildman–Crippen LogP) is 2.53. The fourth-order valence-electron chi connectivity index (χ4n) is 2.29. The van der Waals surface area contributed by atoms with Crippen molar-refractivity contribution >= 4 is 0 Å². The zero-order chi connectivity index (χ0) is 13.7. The van der Waals surface area contributed by atoms with Crippen LogP contribution in [0.5, 0.6) is 0 Å². The van der Waals surface area contributed by atoms with Gasteiger partial charge >= 0.3 is 0 Å². The molecule has 0 saturated carbocycles. The van der Waals surface area contributed by atoms with E-state index in [2.05, 4.69) is 28.4 Å². The van der Waals surface area contributed by atoms with E-state index < -0.39 is 6.10 Å². The number of aromatic nitrogens is 3. The summed E-state index contributed by atoms with van der Waals surface area (Å²) in [5, 5.41) is 10.4. The molecule has 0 aromatic carbocycles. The van der Waals surface area contributed by atoms with Gasteiger partial charge in [0.2, 0.25) is 0 Å². The van der Waals surface area contributed by atoms with Crippen molar-refractivity contribution in [1.82, 2.24) is 14.5 Å². The molecule has 0 aliphatic heterocycles. The average Bonchev–Trinajstić information content (AvgIpc) is 2.86. The van der Waals surface area contributed by atoms with Gasteiger partial charge in [0.25, 0.3) is 0 Å². The number of imidazole rings is 1. The van der Waals surface area contributed by atoms with Crippen molar-refractivity contribution in [2.75, 3.05) is 0 Å². The van der Waals surface area contributed by atoms with E-state index in [0.29, 0.717) is 6.42 Å². The molecule has 1 N–H and O–H groups in total. The molecule has 4 nitrogen and oxygen atoms in total. The summed E-state index contributed by atoms with van der Waals surface area (Å²) in [6, 6.07) is 3.93. The lowest BCUT2D eigenvalue weighted by Gasteiger charge is -2.14. The van der Waals surface area contributed by atoms with Gasteiger partial charge in [-0.15, -0.1) is 0 Å². The summed E-state index contributed by atoms with van der Waals surface area (Å²) in [6.07, 6.45) is 7.34. The van der Waals surface area contributed by atoms with E-state index in [1.165, 1.54) is 0 Å². The van der Waals surface area contributed by atoms with E-state index in [1.807, 2.05) is 18.3 Å². The second kappa shape index (κ2) is 6.48. The molecular weight excluding hydrogens is 238 g/mol. The lowest BCUT2D eigenvalue weighted by molar-refractivity contribution is 0.168. The number of hydrogen-bond acceptors (Lipinski definition) is 3. The number of hydrogen-bond donors (Lipinski definition) is 1. The second-order valence-corrected chi connectivity index (χ2v) is 4.66. The van der Waals surface area contributed by atoms with Crippen LogP contribution in [0.2, 0.25) is 0 Å². The van der Waals surface area contributed by atoms with Crippen molar-refractivity contribution in [3.05, 3.63) is 47.8 Å². The fourth-order valence-corrected chi connectivity index (χ4v) is 2.29. The van der Waals surface area contributed by atoms with Crippen LogP contribution in [-0.2, 0) is 19.4 Å². The molecule has 0 saturated heterocycles. The van der Waals surface area contributed by atoms with E-state index >= 15 is 0 Å². The monoisotopic (exact) mass is 259 g/mol. The molecule has 1 unspecified atom stereocenters. The highest BCUT2D eigenvalue weighted by atomic mass is 16.3. The standard InChI is InChI=1S/C15H21N3O/c1-3-9-18-10-8-16-14(18)11-13(19)15-12(4-2)6-5-7-17-15/h5-8,10,13,19H,3-4,9,11H2,1-2H3. The van der Waals surface area contributed by atoms with Crippen LogP contribution >= 0.6 is 0 Å². The van der Waals surface area contributed by atoms with Gasteiger partial charge in [0.1, 0.15) is 11.9 Å². The SMILES string of the molecule is CCCn1ccnc1CC(O)c1ncccc1CC. The molecule has 0 aliphatic rings. The molecule has 0 amide bonds. The van der Waals surface area contributed by atoms with Crippen LogP contribution < -0.4 is 0 Å². The van der Waals surface area contributed by atoms with Crippen LogP contribution in [0.4, 0.5) is 0 Å². The minimum atomic E-state index is -0.589. The third-order valence-corrected chi connectivity index (χ3v) is 3.26. The maximum atomic E-state index is 10.4. The number of nitrogens with zero attached hydrogens (tertiary/aromatic N) is 3. The van der Waals surface area contributed by atoms with Crippen LogP contribution in [0.1, 0.15) is 43.5 Å². The molecule has 2 aromatic rings. The lowest BCUT2D eigenvalue weighted by atomic mass is 10.0. The minimum absolute atomic E-state index is 0.511. The quantitative estimate of drug-likeness (QED) is 0.867. The smallest absolute Gasteiger partial charge is 0.111 e. The molecule has 0 bridgehead atoms. The first kappa shape index (κ1) is 13.7. The fraction of sp³-hybridized carbons (Fsp3) is 0.467. The van der Waals surface area contributed by atoms with Crippen molar-refractivity contribution in [1.29, 1.82) is 0 Å². The van der Waals surface area contributed by atoms with E-state index in [0.717, 1.165) is 36.5 Å². The van der Waals surface area contributed by atoms with Crippen molar-refractivity contribution in [2.45, 2.75) is 45.8 Å². The Kier molecular flexibility index (Phi) is 4.68. The van der Waals surface area contributed by atoms with Crippen LogP contribution in [-0.4, -0.2) is 19.6 Å². The molecule has 19 heavy (non-hydrogen) atoms. The Labute approximate surface area is 114 Å². The Balaban J connectivity index is 2.16. The van der Waals surface area contributed by atoms with E-state index in [9.17, 15) is 5.11 Å². The third-order valence-electron chi connectivity index (χ3n) is 3.26. The molecule has 0 fully saturated rings. The Bertz CT molecular complexity index is 522. The van der Waals surface area contributed by atoms with Crippen LogP contribution in [0.25, 0.3) is 0 Å². The highest BCUT2D eigenvalue weighted by Gasteiger charge is 2.16. The van der Waals surface area contributed by atoms with E-state index in [-0.39, 0.29) is 0 Å². The van der Waals surface area contributed by atoms with Crippen molar-refractivity contribution in [2.24, 2.45) is 0 Å². The summed E-state index contributed by atoms with van der Waals surface area (Å²) in [5.74, 6) is 0.919. The van der Waals surface area contributed by atoms with Crippen molar-refractivity contribution < 1.29 is 5.11 Å². The first-order valence-corrected chi connectivity index (χ1v) is 6.88. The van der Waals surface area contributed by atoms with E-state index in [1.54, 1.807) is 12.4 Å². The largest absolute Gasteiger partial charge is 0.386 e. The number of aliphatic hydroxyl groups is 1. The highest BCUT2D eigenvalue weighted by Crippen LogP contribution is 2.19. The Morgan fingerprint density at radius 1 is 1.26 bits per heavy atom. The Morgan fingerprint density at radius 2 is 2.11 bits per heavy atom. The van der Waals surface area contributed by atoms with Gasteiger partial charge in [0.05, 0.1) is 5.69 Å². The normalized spacial score (nSPS) is 12.6. The molecular formula is C15H21N3O. The Morgan fingerprint density at radius 3 is 2.84 bits per heavy atom. The molecule has 2 aromatic heterocycles. The van der Waals surface area contributed by atoms with E-state index in [4.69, 9.17) is 0 Å². The first-order valence-electron chi connectivity index (χ1n) is 6.88. The van der Waals surface area contributed by atoms with Gasteiger partial charge in [-0.3, -0.25) is 4.98 Å². The number of rotatable bonds is 6. The molecule has 0 radical (unpaired) electrons. The average molecular weight is 259 g/mol. The van der Waals surface area contributed by atoms with Crippen molar-refractivity contribution in [3.8, 4) is 0 Å². The molecule has 0 aliphatic carbocycles. The number of aryl methyl sites for hydroxylation is 2. The first-order chi connectivity index (χ1) is 9.26. The van der Waals surface area contributed by atoms with Crippen molar-refractivity contribution in [3.63, 3.8) is 0 Å². The maximum absolute atomic E-state index is 10.4. The van der Waals surface area contributed by atoms with Gasteiger partial charge in [0.15, 0.2) is 0 Å². The van der Waals surface area contributed by atoms with Crippen LogP contribution in [0.15, 0.2) is 30.7 Å². The molecule has 1 atom stereocenters. The number of pyridine rings is 1. The molecule has 2 rings (SSSR count). The summed E-state index contributed by atoms with van der Waals surface area (Å²) >= 11 is 0. The van der Waals surface area contributed by atoms with Gasteiger partial charge in [-0.25, -0.2) is 4.98 Å². The van der Waals surface area contributed by atoms with Gasteiger partial charge < -0.3 is 9.67 Å². The van der Waals surface area contributed by atoms with Crippen LogP contribution in [0, 0.1) is 0 Å². The zero-order valence-electron chi connectivity index (χ0n) is 11.6. The summed E-state index contributed by atoms with van der Waals surface area (Å²) in [4.78, 5) is 8.65. The second-order valence-electron chi connectivity index (χ2n) is 4.66. The van der Waals surface area contributed by atoms with Gasteiger partial charge in [-0.2, -0.15) is 0 Å². The predicted molar refractivity (Wildman–Crippen MR) is 74.8 cm³/mol. The Hall–Kier alpha value is -1.68. The number of aliphatic hydroxyl groups excluding tert-OH is 1. The summed E-state index contributed by atoms with van der Waals surface area (Å²) < 4.78 is 2.10. The minimum Gasteiger partial charge on any atom is -0.386 e. The summed E-state index contributed by atoms with van der Waals surface area (Å²) in [6.45, 7) is 5.14. The van der Waals surface area contributed by atoms with Crippen LogP contribution in [0.3, 0.4) is 0 Å². The zero-order valence-corrected chi connectivity index (χ0v) is 11.6. The molecule has 4 heteroatoms. The summed E-state index contributed by atoms with van der Waals surface area (Å²) in [5.41, 5.74) is 1.87. The van der Waals surface area contributed by atoms with Gasteiger partial charge in [-0.1, -0.05) is 19.9 Å².